The van der Waals surface area contributed by atoms with E-state index in [0.29, 0.717) is 11.3 Å². The number of anilines is 2. The Bertz CT molecular complexity index is 861. The molecule has 0 aliphatic carbocycles. The van der Waals surface area contributed by atoms with Crippen molar-refractivity contribution >= 4 is 21.4 Å². The molecule has 0 saturated carbocycles. The average molecular weight is 372 g/mol. The molecule has 0 radical (unpaired) electrons. The standard InChI is InChI=1S/C17H19F3N2O2S/c1-17(2,3)25(23,24)22-12-6-4-11(5-7-12)10-21-14-9-8-13(18)15(19)16(14)20/h4-9,21-22H,10H2,1-3H3. The fraction of sp³-hybridized carbons (Fsp3) is 0.294. The lowest BCUT2D eigenvalue weighted by Gasteiger charge is -2.20. The van der Waals surface area contributed by atoms with Crippen LogP contribution in [0.1, 0.15) is 26.3 Å². The van der Waals surface area contributed by atoms with Crippen molar-refractivity contribution < 1.29 is 21.6 Å². The molecule has 0 amide bonds. The Balaban J connectivity index is 2.05. The number of benzene rings is 2. The second kappa shape index (κ2) is 6.95. The summed E-state index contributed by atoms with van der Waals surface area (Å²) < 4.78 is 65.3. The molecule has 2 N–H and O–H groups in total. The summed E-state index contributed by atoms with van der Waals surface area (Å²) in [6, 6.07) is 8.38. The van der Waals surface area contributed by atoms with Gasteiger partial charge in [-0.3, -0.25) is 4.72 Å². The number of nitrogens with one attached hydrogen (secondary N) is 2. The van der Waals surface area contributed by atoms with Crippen molar-refractivity contribution in [2.24, 2.45) is 0 Å². The van der Waals surface area contributed by atoms with Crippen LogP contribution in [0.3, 0.4) is 0 Å². The van der Waals surface area contributed by atoms with Crippen LogP contribution in [0.2, 0.25) is 0 Å². The van der Waals surface area contributed by atoms with Crippen molar-refractivity contribution in [3.05, 3.63) is 59.4 Å². The highest BCUT2D eigenvalue weighted by atomic mass is 32.2. The summed E-state index contributed by atoms with van der Waals surface area (Å²) in [5.74, 6) is -4.06. The predicted octanol–water partition coefficient (Wildman–Crippen LogP) is 4.26. The van der Waals surface area contributed by atoms with Crippen LogP contribution in [0.5, 0.6) is 0 Å². The molecule has 0 bridgehead atoms. The van der Waals surface area contributed by atoms with E-state index in [4.69, 9.17) is 0 Å². The molecule has 0 aliphatic heterocycles. The van der Waals surface area contributed by atoms with Gasteiger partial charge in [-0.2, -0.15) is 0 Å². The van der Waals surface area contributed by atoms with Crippen molar-refractivity contribution in [2.75, 3.05) is 10.0 Å². The summed E-state index contributed by atoms with van der Waals surface area (Å²) >= 11 is 0. The fourth-order valence-corrected chi connectivity index (χ4v) is 2.61. The Labute approximate surface area is 145 Å². The average Bonchev–Trinajstić information content (AvgIpc) is 2.52. The zero-order valence-corrected chi connectivity index (χ0v) is 14.8. The zero-order chi connectivity index (χ0) is 18.8. The summed E-state index contributed by atoms with van der Waals surface area (Å²) in [6.45, 7) is 4.92. The molecule has 136 valence electrons. The molecular weight excluding hydrogens is 353 g/mol. The van der Waals surface area contributed by atoms with Gasteiger partial charge < -0.3 is 5.32 Å². The molecule has 0 heterocycles. The molecule has 0 aromatic heterocycles. The minimum Gasteiger partial charge on any atom is -0.379 e. The molecule has 0 fully saturated rings. The summed E-state index contributed by atoms with van der Waals surface area (Å²) in [5.41, 5.74) is 0.955. The Kier molecular flexibility index (Phi) is 5.31. The van der Waals surface area contributed by atoms with E-state index in [9.17, 15) is 21.6 Å². The molecular formula is C17H19F3N2O2S. The minimum absolute atomic E-state index is 0.156. The first kappa shape index (κ1) is 19.1. The van der Waals surface area contributed by atoms with Gasteiger partial charge in [0, 0.05) is 12.2 Å². The minimum atomic E-state index is -3.53. The van der Waals surface area contributed by atoms with Crippen LogP contribution >= 0.6 is 0 Å². The van der Waals surface area contributed by atoms with Crippen molar-refractivity contribution in [1.29, 1.82) is 0 Å². The van der Waals surface area contributed by atoms with Gasteiger partial charge in [0.25, 0.3) is 0 Å². The van der Waals surface area contributed by atoms with Crippen molar-refractivity contribution in [1.82, 2.24) is 0 Å². The predicted molar refractivity (Wildman–Crippen MR) is 92.4 cm³/mol. The van der Waals surface area contributed by atoms with Crippen LogP contribution in [-0.4, -0.2) is 13.2 Å². The fourth-order valence-electron chi connectivity index (χ4n) is 1.86. The highest BCUT2D eigenvalue weighted by Crippen LogP contribution is 2.22. The zero-order valence-electron chi connectivity index (χ0n) is 14.0. The van der Waals surface area contributed by atoms with Gasteiger partial charge in [-0.15, -0.1) is 0 Å². The molecule has 25 heavy (non-hydrogen) atoms. The molecule has 2 aromatic carbocycles. The van der Waals surface area contributed by atoms with Crippen LogP contribution in [0.15, 0.2) is 36.4 Å². The maximum Gasteiger partial charge on any atom is 0.237 e. The maximum absolute atomic E-state index is 13.6. The highest BCUT2D eigenvalue weighted by molar-refractivity contribution is 7.94. The van der Waals surface area contributed by atoms with Crippen LogP contribution in [-0.2, 0) is 16.6 Å². The molecule has 2 rings (SSSR count). The molecule has 0 unspecified atom stereocenters. The summed E-state index contributed by atoms with van der Waals surface area (Å²) in [6.07, 6.45) is 0. The van der Waals surface area contributed by atoms with Gasteiger partial charge in [-0.05, 0) is 50.6 Å². The van der Waals surface area contributed by atoms with Crippen LogP contribution < -0.4 is 10.0 Å². The number of rotatable bonds is 5. The normalized spacial score (nSPS) is 12.1. The summed E-state index contributed by atoms with van der Waals surface area (Å²) in [5, 5.41) is 2.67. The third-order valence-corrected chi connectivity index (χ3v) is 5.65. The molecule has 4 nitrogen and oxygen atoms in total. The van der Waals surface area contributed by atoms with E-state index in [1.807, 2.05) is 0 Å². The largest absolute Gasteiger partial charge is 0.379 e. The summed E-state index contributed by atoms with van der Waals surface area (Å²) in [4.78, 5) is 0. The van der Waals surface area contributed by atoms with E-state index in [0.717, 1.165) is 12.1 Å². The van der Waals surface area contributed by atoms with Crippen LogP contribution in [0.4, 0.5) is 24.5 Å². The van der Waals surface area contributed by atoms with E-state index >= 15 is 0 Å². The smallest absolute Gasteiger partial charge is 0.237 e. The molecule has 0 saturated heterocycles. The first-order valence-corrected chi connectivity index (χ1v) is 8.98. The van der Waals surface area contributed by atoms with Gasteiger partial charge in [0.1, 0.15) is 0 Å². The van der Waals surface area contributed by atoms with E-state index in [2.05, 4.69) is 10.0 Å². The first-order valence-electron chi connectivity index (χ1n) is 7.50. The highest BCUT2D eigenvalue weighted by Gasteiger charge is 2.28. The van der Waals surface area contributed by atoms with E-state index < -0.39 is 32.2 Å². The number of hydrogen-bond donors (Lipinski definition) is 2. The van der Waals surface area contributed by atoms with E-state index in [1.165, 1.54) is 0 Å². The third-order valence-electron chi connectivity index (χ3n) is 3.53. The van der Waals surface area contributed by atoms with Crippen molar-refractivity contribution in [2.45, 2.75) is 32.1 Å². The van der Waals surface area contributed by atoms with Gasteiger partial charge >= 0.3 is 0 Å². The van der Waals surface area contributed by atoms with Gasteiger partial charge in [0.2, 0.25) is 10.0 Å². The second-order valence-electron chi connectivity index (χ2n) is 6.49. The lowest BCUT2D eigenvalue weighted by Crippen LogP contribution is -2.33. The first-order chi connectivity index (χ1) is 11.5. The lowest BCUT2D eigenvalue weighted by atomic mass is 10.2. The van der Waals surface area contributed by atoms with Crippen LogP contribution in [0.25, 0.3) is 0 Å². The Morgan fingerprint density at radius 3 is 2.08 bits per heavy atom. The lowest BCUT2D eigenvalue weighted by molar-refractivity contribution is 0.449. The van der Waals surface area contributed by atoms with E-state index in [-0.39, 0.29) is 12.2 Å². The van der Waals surface area contributed by atoms with Gasteiger partial charge in [0.15, 0.2) is 17.5 Å². The Morgan fingerprint density at radius 1 is 0.920 bits per heavy atom. The number of sulfonamides is 1. The third kappa shape index (κ3) is 4.45. The van der Waals surface area contributed by atoms with Gasteiger partial charge in [-0.1, -0.05) is 12.1 Å². The van der Waals surface area contributed by atoms with E-state index in [1.54, 1.807) is 45.0 Å². The van der Waals surface area contributed by atoms with Gasteiger partial charge in [-0.25, -0.2) is 21.6 Å². The maximum atomic E-state index is 13.6. The molecule has 0 spiro atoms. The van der Waals surface area contributed by atoms with Gasteiger partial charge in [0.05, 0.1) is 10.4 Å². The SMILES string of the molecule is CC(C)(C)S(=O)(=O)Nc1ccc(CNc2ccc(F)c(F)c2F)cc1. The molecule has 2 aromatic rings. The van der Waals surface area contributed by atoms with Crippen molar-refractivity contribution in [3.8, 4) is 0 Å². The van der Waals surface area contributed by atoms with Crippen LogP contribution in [0, 0.1) is 17.5 Å². The number of hydrogen-bond acceptors (Lipinski definition) is 3. The number of halogens is 3. The Hall–Kier alpha value is -2.22. The molecule has 0 atom stereocenters. The second-order valence-corrected chi connectivity index (χ2v) is 8.93. The molecule has 0 aliphatic rings. The van der Waals surface area contributed by atoms with Crippen molar-refractivity contribution in [3.63, 3.8) is 0 Å². The topological polar surface area (TPSA) is 58.2 Å². The monoisotopic (exact) mass is 372 g/mol. The summed E-state index contributed by atoms with van der Waals surface area (Å²) in [7, 11) is -3.53. The quantitative estimate of drug-likeness (QED) is 0.771. The Morgan fingerprint density at radius 2 is 1.52 bits per heavy atom. The molecule has 8 heteroatoms.